The van der Waals surface area contributed by atoms with Gasteiger partial charge >= 0.3 is 0 Å². The van der Waals surface area contributed by atoms with Gasteiger partial charge < -0.3 is 0 Å². The minimum Gasteiger partial charge on any atom is -0.258 e. The van der Waals surface area contributed by atoms with Crippen molar-refractivity contribution in [2.75, 3.05) is 0 Å². The summed E-state index contributed by atoms with van der Waals surface area (Å²) in [5.74, 6) is 0. The van der Waals surface area contributed by atoms with Gasteiger partial charge in [0.1, 0.15) is 0 Å². The maximum atomic E-state index is 10.8. The van der Waals surface area contributed by atoms with Crippen LogP contribution in [0.4, 0.5) is 5.69 Å². The first kappa shape index (κ1) is 13.3. The lowest BCUT2D eigenvalue weighted by atomic mass is 9.96. The molecule has 0 aromatic heterocycles. The summed E-state index contributed by atoms with van der Waals surface area (Å²) in [6.45, 7) is 4.26. The van der Waals surface area contributed by atoms with Crippen LogP contribution in [0.25, 0.3) is 11.1 Å². The van der Waals surface area contributed by atoms with E-state index in [1.54, 1.807) is 12.1 Å². The first-order valence-corrected chi connectivity index (χ1v) is 6.44. The summed E-state index contributed by atoms with van der Waals surface area (Å²) in [4.78, 5) is 10.4. The van der Waals surface area contributed by atoms with Crippen LogP contribution in [0.15, 0.2) is 36.4 Å². The Bertz CT molecular complexity index is 605. The van der Waals surface area contributed by atoms with Crippen LogP contribution < -0.4 is 0 Å². The highest BCUT2D eigenvalue weighted by Crippen LogP contribution is 2.26. The van der Waals surface area contributed by atoms with Crippen molar-refractivity contribution < 1.29 is 4.92 Å². The molecule has 0 saturated heterocycles. The molecule has 0 saturated carbocycles. The molecule has 0 aliphatic carbocycles. The maximum Gasteiger partial charge on any atom is 0.278 e. The average Bonchev–Trinajstić information content (AvgIpc) is 2.46. The number of hydrogen-bond acceptors (Lipinski definition) is 2. The SMILES string of the molecule is CCc1ccc(-c2cc[c]c([N+](=O)[O-])c2)cc1CC. The Hall–Kier alpha value is -2.16. The molecule has 2 aromatic carbocycles. The summed E-state index contributed by atoms with van der Waals surface area (Å²) in [5.41, 5.74) is 4.53. The average molecular weight is 254 g/mol. The number of aryl methyl sites for hydroxylation is 2. The van der Waals surface area contributed by atoms with Gasteiger partial charge in [-0.05, 0) is 41.2 Å². The molecule has 0 amide bonds. The number of hydrogen-bond donors (Lipinski definition) is 0. The highest BCUT2D eigenvalue weighted by Gasteiger charge is 2.08. The van der Waals surface area contributed by atoms with Crippen molar-refractivity contribution in [3.05, 3.63) is 63.7 Å². The number of non-ortho nitro benzene ring substituents is 1. The molecule has 0 heterocycles. The van der Waals surface area contributed by atoms with E-state index in [0.29, 0.717) is 0 Å². The van der Waals surface area contributed by atoms with Crippen LogP contribution in [0, 0.1) is 16.2 Å². The van der Waals surface area contributed by atoms with Crippen LogP contribution in [0.3, 0.4) is 0 Å². The lowest BCUT2D eigenvalue weighted by molar-refractivity contribution is -0.385. The Labute approximate surface area is 113 Å². The van der Waals surface area contributed by atoms with Crippen LogP contribution in [-0.4, -0.2) is 4.92 Å². The third-order valence-corrected chi connectivity index (χ3v) is 3.28. The van der Waals surface area contributed by atoms with E-state index in [4.69, 9.17) is 0 Å². The van der Waals surface area contributed by atoms with Crippen molar-refractivity contribution in [2.45, 2.75) is 26.7 Å². The Morgan fingerprint density at radius 3 is 2.37 bits per heavy atom. The zero-order valence-corrected chi connectivity index (χ0v) is 11.1. The molecule has 0 fully saturated rings. The fraction of sp³-hybridized carbons (Fsp3) is 0.250. The topological polar surface area (TPSA) is 43.1 Å². The van der Waals surface area contributed by atoms with Gasteiger partial charge in [0.25, 0.3) is 5.69 Å². The predicted molar refractivity (Wildman–Crippen MR) is 76.1 cm³/mol. The summed E-state index contributed by atoms with van der Waals surface area (Å²) in [5, 5.41) is 10.8. The van der Waals surface area contributed by atoms with Gasteiger partial charge in [0.15, 0.2) is 0 Å². The van der Waals surface area contributed by atoms with Gasteiger partial charge in [-0.2, -0.15) is 0 Å². The molecule has 2 aromatic rings. The molecule has 19 heavy (non-hydrogen) atoms. The first-order chi connectivity index (χ1) is 9.15. The molecule has 0 bridgehead atoms. The van der Waals surface area contributed by atoms with Crippen molar-refractivity contribution >= 4 is 5.69 Å². The van der Waals surface area contributed by atoms with Crippen molar-refractivity contribution in [2.24, 2.45) is 0 Å². The Balaban J connectivity index is 2.47. The van der Waals surface area contributed by atoms with E-state index in [-0.39, 0.29) is 5.69 Å². The Morgan fingerprint density at radius 2 is 1.74 bits per heavy atom. The van der Waals surface area contributed by atoms with Gasteiger partial charge in [-0.15, -0.1) is 0 Å². The molecule has 0 spiro atoms. The summed E-state index contributed by atoms with van der Waals surface area (Å²) >= 11 is 0. The van der Waals surface area contributed by atoms with Gasteiger partial charge in [0.2, 0.25) is 0 Å². The number of nitro groups is 1. The van der Waals surface area contributed by atoms with Crippen LogP contribution in [0.2, 0.25) is 0 Å². The largest absolute Gasteiger partial charge is 0.278 e. The molecule has 3 heteroatoms. The third kappa shape index (κ3) is 2.81. The Morgan fingerprint density at radius 1 is 1.05 bits per heavy atom. The minimum absolute atomic E-state index is 0.00937. The van der Waals surface area contributed by atoms with Crippen LogP contribution in [-0.2, 0) is 12.8 Å². The zero-order chi connectivity index (χ0) is 13.8. The summed E-state index contributed by atoms with van der Waals surface area (Å²) in [6.07, 6.45) is 1.98. The fourth-order valence-electron chi connectivity index (χ4n) is 2.22. The number of rotatable bonds is 4. The molecule has 0 unspecified atom stereocenters. The molecule has 0 aliphatic rings. The van der Waals surface area contributed by atoms with E-state index in [2.05, 4.69) is 32.0 Å². The summed E-state index contributed by atoms with van der Waals surface area (Å²) in [7, 11) is 0. The van der Waals surface area contributed by atoms with Gasteiger partial charge in [-0.1, -0.05) is 38.1 Å². The monoisotopic (exact) mass is 254 g/mol. The fourth-order valence-corrected chi connectivity index (χ4v) is 2.22. The van der Waals surface area contributed by atoms with Crippen LogP contribution in [0.5, 0.6) is 0 Å². The maximum absolute atomic E-state index is 10.8. The quantitative estimate of drug-likeness (QED) is 0.606. The molecular formula is C16H16NO2. The van der Waals surface area contributed by atoms with E-state index in [9.17, 15) is 10.1 Å². The Kier molecular flexibility index (Phi) is 3.95. The highest BCUT2D eigenvalue weighted by molar-refractivity contribution is 5.67. The first-order valence-electron chi connectivity index (χ1n) is 6.44. The second kappa shape index (κ2) is 5.65. The van der Waals surface area contributed by atoms with Gasteiger partial charge in [0.05, 0.1) is 11.0 Å². The zero-order valence-electron chi connectivity index (χ0n) is 11.1. The lowest BCUT2D eigenvalue weighted by Crippen LogP contribution is -1.92. The van der Waals surface area contributed by atoms with Gasteiger partial charge in [0, 0.05) is 6.07 Å². The van der Waals surface area contributed by atoms with E-state index >= 15 is 0 Å². The van der Waals surface area contributed by atoms with E-state index < -0.39 is 4.92 Å². The molecule has 0 N–H and O–H groups in total. The highest BCUT2D eigenvalue weighted by atomic mass is 16.6. The number of nitro benzene ring substituents is 1. The molecule has 0 atom stereocenters. The molecule has 97 valence electrons. The van der Waals surface area contributed by atoms with Crippen LogP contribution in [0.1, 0.15) is 25.0 Å². The third-order valence-electron chi connectivity index (χ3n) is 3.28. The van der Waals surface area contributed by atoms with Crippen molar-refractivity contribution in [3.8, 4) is 11.1 Å². The molecular weight excluding hydrogens is 238 g/mol. The van der Waals surface area contributed by atoms with E-state index in [0.717, 1.165) is 24.0 Å². The molecule has 3 nitrogen and oxygen atoms in total. The molecule has 1 radical (unpaired) electrons. The summed E-state index contributed by atoms with van der Waals surface area (Å²) in [6, 6.07) is 13.9. The van der Waals surface area contributed by atoms with Crippen molar-refractivity contribution in [3.63, 3.8) is 0 Å². The smallest absolute Gasteiger partial charge is 0.258 e. The number of benzene rings is 2. The van der Waals surface area contributed by atoms with Crippen molar-refractivity contribution in [1.82, 2.24) is 0 Å². The van der Waals surface area contributed by atoms with Gasteiger partial charge in [-0.25, -0.2) is 0 Å². The van der Waals surface area contributed by atoms with Gasteiger partial charge in [-0.3, -0.25) is 10.1 Å². The van der Waals surface area contributed by atoms with E-state index in [1.807, 2.05) is 12.1 Å². The summed E-state index contributed by atoms with van der Waals surface area (Å²) < 4.78 is 0. The second-order valence-corrected chi connectivity index (χ2v) is 4.41. The lowest BCUT2D eigenvalue weighted by Gasteiger charge is -2.09. The normalized spacial score (nSPS) is 10.4. The standard InChI is InChI=1S/C16H16NO2/c1-3-12-8-9-15(10-13(12)4-2)14-6-5-7-16(11-14)17(18)19/h5-6,8-11H,3-4H2,1-2H3. The predicted octanol–water partition coefficient (Wildman–Crippen LogP) is 4.19. The van der Waals surface area contributed by atoms with Crippen molar-refractivity contribution in [1.29, 1.82) is 0 Å². The minimum atomic E-state index is -0.412. The number of nitrogens with zero attached hydrogens (tertiary/aromatic N) is 1. The molecule has 0 aliphatic heterocycles. The second-order valence-electron chi connectivity index (χ2n) is 4.41. The van der Waals surface area contributed by atoms with E-state index in [1.165, 1.54) is 11.1 Å². The van der Waals surface area contributed by atoms with Crippen LogP contribution >= 0.6 is 0 Å². The molecule has 2 rings (SSSR count).